The molecule has 0 aromatic carbocycles. The number of anilines is 1. The van der Waals surface area contributed by atoms with E-state index in [1.165, 1.54) is 0 Å². The number of carbonyl (C=O) groups is 1. The SMILES string of the molecule is CCCNc1ncc(Br)cc1C(=O)NC(CC)CCC. The summed E-state index contributed by atoms with van der Waals surface area (Å²) in [5.74, 6) is 0.594. The van der Waals surface area contributed by atoms with Crippen LogP contribution in [0.4, 0.5) is 5.82 Å². The third-order valence-electron chi connectivity index (χ3n) is 3.11. The average molecular weight is 342 g/mol. The second-order valence-electron chi connectivity index (χ2n) is 4.84. The highest BCUT2D eigenvalue weighted by atomic mass is 79.9. The monoisotopic (exact) mass is 341 g/mol. The van der Waals surface area contributed by atoms with Gasteiger partial charge in [-0.3, -0.25) is 4.79 Å². The molecular formula is C15H24BrN3O. The van der Waals surface area contributed by atoms with Gasteiger partial charge in [0, 0.05) is 23.3 Å². The van der Waals surface area contributed by atoms with E-state index in [9.17, 15) is 4.79 Å². The van der Waals surface area contributed by atoms with Gasteiger partial charge in [-0.15, -0.1) is 0 Å². The second-order valence-corrected chi connectivity index (χ2v) is 5.76. The Balaban J connectivity index is 2.86. The molecule has 1 rings (SSSR count). The summed E-state index contributed by atoms with van der Waals surface area (Å²) in [6.07, 6.45) is 5.71. The number of nitrogens with one attached hydrogen (secondary N) is 2. The van der Waals surface area contributed by atoms with Gasteiger partial charge in [0.25, 0.3) is 5.91 Å². The van der Waals surface area contributed by atoms with E-state index < -0.39 is 0 Å². The molecule has 1 aromatic rings. The van der Waals surface area contributed by atoms with Crippen LogP contribution in [0.25, 0.3) is 0 Å². The first kappa shape index (κ1) is 17.0. The number of nitrogens with zero attached hydrogens (tertiary/aromatic N) is 1. The number of hydrogen-bond donors (Lipinski definition) is 2. The first-order valence-electron chi connectivity index (χ1n) is 7.32. The van der Waals surface area contributed by atoms with E-state index in [2.05, 4.69) is 52.3 Å². The van der Waals surface area contributed by atoms with Gasteiger partial charge in [0.1, 0.15) is 5.82 Å². The molecule has 1 atom stereocenters. The van der Waals surface area contributed by atoms with Crippen LogP contribution in [0, 0.1) is 0 Å². The number of amides is 1. The quantitative estimate of drug-likeness (QED) is 0.751. The van der Waals surface area contributed by atoms with Crippen molar-refractivity contribution in [2.24, 2.45) is 0 Å². The summed E-state index contributed by atoms with van der Waals surface area (Å²) in [5.41, 5.74) is 0.599. The Morgan fingerprint density at radius 3 is 2.70 bits per heavy atom. The summed E-state index contributed by atoms with van der Waals surface area (Å²) < 4.78 is 0.813. The molecule has 0 bridgehead atoms. The Bertz CT molecular complexity index is 437. The molecule has 0 fully saturated rings. The molecule has 4 nitrogen and oxygen atoms in total. The molecule has 1 aromatic heterocycles. The molecule has 0 spiro atoms. The summed E-state index contributed by atoms with van der Waals surface area (Å²) >= 11 is 3.38. The third kappa shape index (κ3) is 5.12. The minimum atomic E-state index is -0.0577. The van der Waals surface area contributed by atoms with Crippen LogP contribution in [0.5, 0.6) is 0 Å². The lowest BCUT2D eigenvalue weighted by Crippen LogP contribution is -2.34. The lowest BCUT2D eigenvalue weighted by molar-refractivity contribution is 0.0934. The zero-order chi connectivity index (χ0) is 15.0. The fourth-order valence-electron chi connectivity index (χ4n) is 1.99. The van der Waals surface area contributed by atoms with Gasteiger partial charge in [0.15, 0.2) is 0 Å². The normalized spacial score (nSPS) is 12.0. The van der Waals surface area contributed by atoms with Gasteiger partial charge in [-0.1, -0.05) is 27.2 Å². The Hall–Kier alpha value is -1.10. The molecule has 1 amide bonds. The van der Waals surface area contributed by atoms with Crippen LogP contribution in [0.15, 0.2) is 16.7 Å². The summed E-state index contributed by atoms with van der Waals surface area (Å²) in [6, 6.07) is 2.05. The number of hydrogen-bond acceptors (Lipinski definition) is 3. The molecule has 0 saturated heterocycles. The van der Waals surface area contributed by atoms with Crippen molar-refractivity contribution in [3.63, 3.8) is 0 Å². The number of aromatic nitrogens is 1. The van der Waals surface area contributed by atoms with Crippen molar-refractivity contribution < 1.29 is 4.79 Å². The van der Waals surface area contributed by atoms with Crippen LogP contribution < -0.4 is 10.6 Å². The van der Waals surface area contributed by atoms with Gasteiger partial charge in [0.05, 0.1) is 5.56 Å². The third-order valence-corrected chi connectivity index (χ3v) is 3.54. The number of pyridine rings is 1. The van der Waals surface area contributed by atoms with E-state index >= 15 is 0 Å². The van der Waals surface area contributed by atoms with Crippen molar-refractivity contribution in [3.05, 3.63) is 22.3 Å². The molecule has 2 N–H and O–H groups in total. The number of rotatable bonds is 8. The molecule has 0 aliphatic rings. The fourth-order valence-corrected chi connectivity index (χ4v) is 2.32. The first-order chi connectivity index (χ1) is 9.62. The van der Waals surface area contributed by atoms with Crippen LogP contribution in [-0.4, -0.2) is 23.5 Å². The van der Waals surface area contributed by atoms with Gasteiger partial charge in [-0.05, 0) is 41.3 Å². The van der Waals surface area contributed by atoms with Crippen LogP contribution in [0.3, 0.4) is 0 Å². The van der Waals surface area contributed by atoms with Crippen LogP contribution in [-0.2, 0) is 0 Å². The second kappa shape index (κ2) is 8.95. The van der Waals surface area contributed by atoms with E-state index in [-0.39, 0.29) is 11.9 Å². The minimum Gasteiger partial charge on any atom is -0.369 e. The van der Waals surface area contributed by atoms with E-state index in [0.717, 1.165) is 36.7 Å². The maximum absolute atomic E-state index is 12.4. The standard InChI is InChI=1S/C15H24BrN3O/c1-4-7-12(6-3)19-15(20)13-9-11(16)10-18-14(13)17-8-5-2/h9-10,12H,4-8H2,1-3H3,(H,17,18)(H,19,20). The van der Waals surface area contributed by atoms with Gasteiger partial charge in [-0.25, -0.2) is 4.98 Å². The lowest BCUT2D eigenvalue weighted by atomic mass is 10.1. The Kier molecular flexibility index (Phi) is 7.59. The van der Waals surface area contributed by atoms with E-state index in [1.807, 2.05) is 6.07 Å². The highest BCUT2D eigenvalue weighted by molar-refractivity contribution is 9.10. The molecule has 1 heterocycles. The van der Waals surface area contributed by atoms with Crippen LogP contribution >= 0.6 is 15.9 Å². The average Bonchev–Trinajstić information content (AvgIpc) is 2.45. The molecular weight excluding hydrogens is 318 g/mol. The maximum Gasteiger partial charge on any atom is 0.255 e. The smallest absolute Gasteiger partial charge is 0.255 e. The lowest BCUT2D eigenvalue weighted by Gasteiger charge is -2.17. The topological polar surface area (TPSA) is 54.0 Å². The Labute approximate surface area is 129 Å². The summed E-state index contributed by atoms with van der Waals surface area (Å²) in [5, 5.41) is 6.29. The molecule has 1 unspecified atom stereocenters. The highest BCUT2D eigenvalue weighted by Crippen LogP contribution is 2.18. The Morgan fingerprint density at radius 2 is 2.10 bits per heavy atom. The predicted octanol–water partition coefficient (Wildman–Crippen LogP) is 3.97. The van der Waals surface area contributed by atoms with Crippen molar-refractivity contribution in [2.45, 2.75) is 52.5 Å². The van der Waals surface area contributed by atoms with Crippen molar-refractivity contribution >= 4 is 27.7 Å². The molecule has 20 heavy (non-hydrogen) atoms. The molecule has 0 radical (unpaired) electrons. The predicted molar refractivity (Wildman–Crippen MR) is 87.2 cm³/mol. The molecule has 0 aliphatic heterocycles. The van der Waals surface area contributed by atoms with Gasteiger partial charge >= 0.3 is 0 Å². The maximum atomic E-state index is 12.4. The van der Waals surface area contributed by atoms with Crippen molar-refractivity contribution in [1.82, 2.24) is 10.3 Å². The van der Waals surface area contributed by atoms with Gasteiger partial charge in [0.2, 0.25) is 0 Å². The molecule has 112 valence electrons. The minimum absolute atomic E-state index is 0.0577. The highest BCUT2D eigenvalue weighted by Gasteiger charge is 2.16. The largest absolute Gasteiger partial charge is 0.369 e. The van der Waals surface area contributed by atoms with Crippen molar-refractivity contribution in [2.75, 3.05) is 11.9 Å². The van der Waals surface area contributed by atoms with Crippen LogP contribution in [0.1, 0.15) is 56.8 Å². The van der Waals surface area contributed by atoms with Crippen molar-refractivity contribution in [1.29, 1.82) is 0 Å². The molecule has 0 aliphatic carbocycles. The molecule has 0 saturated carbocycles. The first-order valence-corrected chi connectivity index (χ1v) is 8.11. The summed E-state index contributed by atoms with van der Waals surface area (Å²) in [7, 11) is 0. The summed E-state index contributed by atoms with van der Waals surface area (Å²) in [4.78, 5) is 16.7. The molecule has 5 heteroatoms. The van der Waals surface area contributed by atoms with Gasteiger partial charge < -0.3 is 10.6 Å². The Morgan fingerprint density at radius 1 is 1.35 bits per heavy atom. The summed E-state index contributed by atoms with van der Waals surface area (Å²) in [6.45, 7) is 7.11. The fraction of sp³-hybridized carbons (Fsp3) is 0.600. The van der Waals surface area contributed by atoms with Gasteiger partial charge in [-0.2, -0.15) is 0 Å². The number of carbonyl (C=O) groups excluding carboxylic acids is 1. The van der Waals surface area contributed by atoms with Crippen molar-refractivity contribution in [3.8, 4) is 0 Å². The van der Waals surface area contributed by atoms with Crippen LogP contribution in [0.2, 0.25) is 0 Å². The zero-order valence-corrected chi connectivity index (χ0v) is 14.1. The zero-order valence-electron chi connectivity index (χ0n) is 12.5. The van der Waals surface area contributed by atoms with E-state index in [1.54, 1.807) is 6.20 Å². The van der Waals surface area contributed by atoms with E-state index in [4.69, 9.17) is 0 Å². The number of halogens is 1. The van der Waals surface area contributed by atoms with E-state index in [0.29, 0.717) is 11.4 Å².